The van der Waals surface area contributed by atoms with Crippen molar-refractivity contribution in [3.63, 3.8) is 0 Å². The van der Waals surface area contributed by atoms with Crippen LogP contribution >= 0.6 is 23.4 Å². The van der Waals surface area contributed by atoms with E-state index in [0.29, 0.717) is 5.95 Å². The Morgan fingerprint density at radius 3 is 2.71 bits per heavy atom. The van der Waals surface area contributed by atoms with Crippen molar-refractivity contribution in [1.82, 2.24) is 9.97 Å². The fourth-order valence-corrected chi connectivity index (χ4v) is 2.22. The van der Waals surface area contributed by atoms with Crippen LogP contribution in [0.2, 0.25) is 5.02 Å². The quantitative estimate of drug-likeness (QED) is 0.679. The van der Waals surface area contributed by atoms with Gasteiger partial charge in [0.05, 0.1) is 0 Å². The summed E-state index contributed by atoms with van der Waals surface area (Å²) in [6, 6.07) is 9.75. The number of anilines is 1. The number of benzene rings is 1. The molecule has 2 rings (SSSR count). The van der Waals surface area contributed by atoms with Crippen LogP contribution < -0.4 is 5.32 Å². The van der Waals surface area contributed by atoms with E-state index in [-0.39, 0.29) is 0 Å². The zero-order valence-electron chi connectivity index (χ0n) is 9.35. The normalized spacial score (nSPS) is 10.2. The third-order valence-corrected chi connectivity index (χ3v) is 3.41. The van der Waals surface area contributed by atoms with Crippen LogP contribution in [0.4, 0.5) is 5.95 Å². The Morgan fingerprint density at radius 1 is 1.24 bits per heavy atom. The maximum atomic E-state index is 5.83. The monoisotopic (exact) mass is 265 g/mol. The van der Waals surface area contributed by atoms with Crippen molar-refractivity contribution in [2.45, 2.75) is 10.8 Å². The van der Waals surface area contributed by atoms with E-state index in [4.69, 9.17) is 11.6 Å². The number of rotatable bonds is 4. The van der Waals surface area contributed by atoms with E-state index < -0.39 is 0 Å². The van der Waals surface area contributed by atoms with Crippen LogP contribution in [0, 0.1) is 0 Å². The smallest absolute Gasteiger partial charge is 0.223 e. The molecule has 0 aliphatic rings. The second-order valence-electron chi connectivity index (χ2n) is 3.38. The van der Waals surface area contributed by atoms with Gasteiger partial charge in [0.25, 0.3) is 0 Å². The zero-order chi connectivity index (χ0) is 12.1. The predicted octanol–water partition coefficient (Wildman–Crippen LogP) is 3.46. The van der Waals surface area contributed by atoms with E-state index >= 15 is 0 Å². The van der Waals surface area contributed by atoms with E-state index in [1.165, 1.54) is 5.56 Å². The summed E-state index contributed by atoms with van der Waals surface area (Å²) in [6.45, 7) is 0. The van der Waals surface area contributed by atoms with Gasteiger partial charge in [0, 0.05) is 24.0 Å². The summed E-state index contributed by atoms with van der Waals surface area (Å²) in [5.74, 6) is 1.52. The van der Waals surface area contributed by atoms with Crippen molar-refractivity contribution >= 4 is 29.3 Å². The van der Waals surface area contributed by atoms with Gasteiger partial charge in [-0.3, -0.25) is 0 Å². The summed E-state index contributed by atoms with van der Waals surface area (Å²) in [7, 11) is 1.81. The molecule has 3 nitrogen and oxygen atoms in total. The molecule has 1 heterocycles. The highest BCUT2D eigenvalue weighted by Crippen LogP contribution is 2.22. The van der Waals surface area contributed by atoms with Crippen molar-refractivity contribution in [3.8, 4) is 0 Å². The molecule has 1 N–H and O–H groups in total. The largest absolute Gasteiger partial charge is 0.357 e. The van der Waals surface area contributed by atoms with Crippen molar-refractivity contribution in [2.24, 2.45) is 0 Å². The van der Waals surface area contributed by atoms with Gasteiger partial charge in [0.1, 0.15) is 5.03 Å². The molecule has 0 aliphatic carbocycles. The third-order valence-electron chi connectivity index (χ3n) is 2.15. The van der Waals surface area contributed by atoms with Crippen molar-refractivity contribution in [2.75, 3.05) is 12.4 Å². The number of halogens is 1. The molecule has 88 valence electrons. The number of nitrogens with zero attached hydrogens (tertiary/aromatic N) is 2. The fraction of sp³-hybridized carbons (Fsp3) is 0.167. The summed E-state index contributed by atoms with van der Waals surface area (Å²) in [5.41, 5.74) is 1.23. The van der Waals surface area contributed by atoms with Gasteiger partial charge in [-0.1, -0.05) is 23.7 Å². The number of hydrogen-bond acceptors (Lipinski definition) is 4. The van der Waals surface area contributed by atoms with Gasteiger partial charge in [-0.15, -0.1) is 11.8 Å². The molecule has 0 saturated heterocycles. The molecule has 1 aromatic heterocycles. The van der Waals surface area contributed by atoms with Crippen LogP contribution in [-0.2, 0) is 5.75 Å². The Hall–Kier alpha value is -1.26. The highest BCUT2D eigenvalue weighted by atomic mass is 35.5. The molecule has 0 fully saturated rings. The van der Waals surface area contributed by atoms with E-state index in [1.807, 2.05) is 37.4 Å². The Labute approximate surface area is 110 Å². The first kappa shape index (κ1) is 12.2. The lowest BCUT2D eigenvalue weighted by Crippen LogP contribution is -1.96. The average Bonchev–Trinajstić information content (AvgIpc) is 2.38. The SMILES string of the molecule is CNc1nccc(SCc2ccc(Cl)cc2)n1. The Bertz CT molecular complexity index is 487. The molecule has 5 heteroatoms. The number of aromatic nitrogens is 2. The van der Waals surface area contributed by atoms with Crippen molar-refractivity contribution < 1.29 is 0 Å². The third kappa shape index (κ3) is 3.61. The van der Waals surface area contributed by atoms with Gasteiger partial charge < -0.3 is 5.32 Å². The van der Waals surface area contributed by atoms with Crippen LogP contribution in [0.1, 0.15) is 5.56 Å². The molecule has 0 atom stereocenters. The van der Waals surface area contributed by atoms with E-state index in [1.54, 1.807) is 18.0 Å². The van der Waals surface area contributed by atoms with E-state index in [2.05, 4.69) is 15.3 Å². The van der Waals surface area contributed by atoms with Gasteiger partial charge in [-0.05, 0) is 23.8 Å². The zero-order valence-corrected chi connectivity index (χ0v) is 10.9. The molecule has 0 unspecified atom stereocenters. The first-order valence-corrected chi connectivity index (χ1v) is 6.52. The summed E-state index contributed by atoms with van der Waals surface area (Å²) in [6.07, 6.45) is 1.75. The minimum absolute atomic E-state index is 0.645. The molecule has 0 amide bonds. The minimum atomic E-state index is 0.645. The molecule has 17 heavy (non-hydrogen) atoms. The molecule has 0 radical (unpaired) electrons. The second kappa shape index (κ2) is 5.89. The Kier molecular flexibility index (Phi) is 4.23. The molecular formula is C12H12ClN3S. The highest BCUT2D eigenvalue weighted by molar-refractivity contribution is 7.98. The fourth-order valence-electron chi connectivity index (χ4n) is 1.28. The second-order valence-corrected chi connectivity index (χ2v) is 4.82. The Balaban J connectivity index is 1.99. The molecule has 0 spiro atoms. The summed E-state index contributed by atoms with van der Waals surface area (Å²) < 4.78 is 0. The molecule has 2 aromatic rings. The van der Waals surface area contributed by atoms with E-state index in [0.717, 1.165) is 15.8 Å². The summed E-state index contributed by atoms with van der Waals surface area (Å²) in [4.78, 5) is 8.41. The molecule has 0 saturated carbocycles. The predicted molar refractivity (Wildman–Crippen MR) is 72.6 cm³/mol. The maximum absolute atomic E-state index is 5.83. The van der Waals surface area contributed by atoms with Crippen molar-refractivity contribution in [1.29, 1.82) is 0 Å². The van der Waals surface area contributed by atoms with Crippen LogP contribution in [0.3, 0.4) is 0 Å². The van der Waals surface area contributed by atoms with Crippen LogP contribution in [0.5, 0.6) is 0 Å². The lowest BCUT2D eigenvalue weighted by Gasteiger charge is -2.03. The van der Waals surface area contributed by atoms with Crippen LogP contribution in [0.15, 0.2) is 41.6 Å². The number of thioether (sulfide) groups is 1. The van der Waals surface area contributed by atoms with E-state index in [9.17, 15) is 0 Å². The van der Waals surface area contributed by atoms with Crippen LogP contribution in [-0.4, -0.2) is 17.0 Å². The van der Waals surface area contributed by atoms with Gasteiger partial charge in [0.2, 0.25) is 5.95 Å². The summed E-state index contributed by atoms with van der Waals surface area (Å²) in [5, 5.41) is 4.64. The van der Waals surface area contributed by atoms with Crippen LogP contribution in [0.25, 0.3) is 0 Å². The standard InChI is InChI=1S/C12H12ClN3S/c1-14-12-15-7-6-11(16-12)17-8-9-2-4-10(13)5-3-9/h2-7H,8H2,1H3,(H,14,15,16). The average molecular weight is 266 g/mol. The minimum Gasteiger partial charge on any atom is -0.357 e. The Morgan fingerprint density at radius 2 is 2.00 bits per heavy atom. The first-order valence-electron chi connectivity index (χ1n) is 5.16. The maximum Gasteiger partial charge on any atom is 0.223 e. The summed E-state index contributed by atoms with van der Waals surface area (Å²) >= 11 is 7.51. The number of hydrogen-bond donors (Lipinski definition) is 1. The van der Waals surface area contributed by atoms with Gasteiger partial charge in [0.15, 0.2) is 0 Å². The molecule has 0 aliphatic heterocycles. The topological polar surface area (TPSA) is 37.8 Å². The lowest BCUT2D eigenvalue weighted by molar-refractivity contribution is 1.04. The first-order chi connectivity index (χ1) is 8.28. The number of nitrogens with one attached hydrogen (secondary N) is 1. The molecular weight excluding hydrogens is 254 g/mol. The van der Waals surface area contributed by atoms with Crippen molar-refractivity contribution in [3.05, 3.63) is 47.1 Å². The van der Waals surface area contributed by atoms with Gasteiger partial charge in [-0.2, -0.15) is 0 Å². The molecule has 1 aromatic carbocycles. The molecule has 0 bridgehead atoms. The van der Waals surface area contributed by atoms with Gasteiger partial charge in [-0.25, -0.2) is 9.97 Å². The van der Waals surface area contributed by atoms with Gasteiger partial charge >= 0.3 is 0 Å². The highest BCUT2D eigenvalue weighted by Gasteiger charge is 1.99. The lowest BCUT2D eigenvalue weighted by atomic mass is 10.2.